The number of pyridine rings is 1. The molecular weight excluding hydrogens is 258 g/mol. The summed E-state index contributed by atoms with van der Waals surface area (Å²) < 4.78 is 10.6. The number of carboxylic acid groups (broad SMARTS) is 1. The van der Waals surface area contributed by atoms with E-state index in [9.17, 15) is 4.79 Å². The van der Waals surface area contributed by atoms with Gasteiger partial charge in [-0.3, -0.25) is 0 Å². The third kappa shape index (κ3) is 3.84. The average Bonchev–Trinajstić information content (AvgIpc) is 2.47. The van der Waals surface area contributed by atoms with E-state index in [1.165, 1.54) is 12.3 Å². The van der Waals surface area contributed by atoms with Crippen LogP contribution in [-0.4, -0.2) is 23.2 Å². The van der Waals surface area contributed by atoms with Gasteiger partial charge in [-0.15, -0.1) is 0 Å². The molecule has 2 aromatic rings. The Morgan fingerprint density at radius 1 is 1.15 bits per heavy atom. The average molecular weight is 271 g/mol. The minimum atomic E-state index is -0.997. The van der Waals surface area contributed by atoms with Crippen molar-refractivity contribution < 1.29 is 19.4 Å². The van der Waals surface area contributed by atoms with Crippen LogP contribution in [0, 0.1) is 0 Å². The van der Waals surface area contributed by atoms with Gasteiger partial charge in [-0.2, -0.15) is 0 Å². The van der Waals surface area contributed by atoms with Gasteiger partial charge in [0, 0.05) is 18.3 Å². The SMILES string of the molecule is COc1ccc(Oc2ccc(/C=C/C(=O)O)cn2)cc1. The molecule has 1 aromatic heterocycles. The van der Waals surface area contributed by atoms with Crippen LogP contribution in [0.3, 0.4) is 0 Å². The molecule has 1 N–H and O–H groups in total. The Bertz CT molecular complexity index is 603. The van der Waals surface area contributed by atoms with E-state index < -0.39 is 5.97 Å². The molecule has 0 radical (unpaired) electrons. The number of aromatic nitrogens is 1. The molecule has 0 bridgehead atoms. The lowest BCUT2D eigenvalue weighted by Crippen LogP contribution is -1.89. The van der Waals surface area contributed by atoms with E-state index in [0.717, 1.165) is 11.8 Å². The summed E-state index contributed by atoms with van der Waals surface area (Å²) in [5.74, 6) is 0.831. The second-order valence-electron chi connectivity index (χ2n) is 3.88. The molecule has 0 saturated heterocycles. The Morgan fingerprint density at radius 3 is 2.40 bits per heavy atom. The van der Waals surface area contributed by atoms with Crippen LogP contribution in [0.1, 0.15) is 5.56 Å². The first-order valence-corrected chi connectivity index (χ1v) is 5.86. The van der Waals surface area contributed by atoms with Gasteiger partial charge in [0.1, 0.15) is 11.5 Å². The van der Waals surface area contributed by atoms with Crippen molar-refractivity contribution in [1.29, 1.82) is 0 Å². The lowest BCUT2D eigenvalue weighted by Gasteiger charge is -2.05. The molecule has 0 unspecified atom stereocenters. The molecule has 2 rings (SSSR count). The summed E-state index contributed by atoms with van der Waals surface area (Å²) in [6.07, 6.45) is 4.06. The number of carboxylic acids is 1. The molecule has 0 fully saturated rings. The third-order valence-corrected chi connectivity index (χ3v) is 2.46. The fourth-order valence-corrected chi connectivity index (χ4v) is 1.48. The number of hydrogen-bond acceptors (Lipinski definition) is 4. The van der Waals surface area contributed by atoms with Crippen molar-refractivity contribution in [2.75, 3.05) is 7.11 Å². The van der Waals surface area contributed by atoms with Crippen LogP contribution in [-0.2, 0) is 4.79 Å². The topological polar surface area (TPSA) is 68.7 Å². The van der Waals surface area contributed by atoms with E-state index in [-0.39, 0.29) is 0 Å². The molecule has 20 heavy (non-hydrogen) atoms. The lowest BCUT2D eigenvalue weighted by molar-refractivity contribution is -0.131. The van der Waals surface area contributed by atoms with Gasteiger partial charge in [0.15, 0.2) is 0 Å². The van der Waals surface area contributed by atoms with Gasteiger partial charge >= 0.3 is 5.97 Å². The molecular formula is C15H13NO4. The van der Waals surface area contributed by atoms with Gasteiger partial charge in [-0.25, -0.2) is 9.78 Å². The highest BCUT2D eigenvalue weighted by Gasteiger charge is 1.99. The fourth-order valence-electron chi connectivity index (χ4n) is 1.48. The van der Waals surface area contributed by atoms with Crippen molar-refractivity contribution in [3.05, 3.63) is 54.2 Å². The summed E-state index contributed by atoms with van der Waals surface area (Å²) in [6, 6.07) is 10.5. The van der Waals surface area contributed by atoms with E-state index >= 15 is 0 Å². The van der Waals surface area contributed by atoms with Crippen molar-refractivity contribution in [3.63, 3.8) is 0 Å². The van der Waals surface area contributed by atoms with Crippen LogP contribution in [0.15, 0.2) is 48.7 Å². The first-order valence-electron chi connectivity index (χ1n) is 5.86. The molecule has 0 spiro atoms. The van der Waals surface area contributed by atoms with Gasteiger partial charge < -0.3 is 14.6 Å². The van der Waals surface area contributed by atoms with E-state index in [0.29, 0.717) is 17.2 Å². The van der Waals surface area contributed by atoms with Crippen LogP contribution in [0.4, 0.5) is 0 Å². The summed E-state index contributed by atoms with van der Waals surface area (Å²) >= 11 is 0. The van der Waals surface area contributed by atoms with E-state index in [4.69, 9.17) is 14.6 Å². The van der Waals surface area contributed by atoms with Gasteiger partial charge in [0.25, 0.3) is 0 Å². The van der Waals surface area contributed by atoms with Crippen LogP contribution < -0.4 is 9.47 Å². The zero-order valence-corrected chi connectivity index (χ0v) is 10.8. The molecule has 0 aliphatic heterocycles. The monoisotopic (exact) mass is 271 g/mol. The molecule has 0 saturated carbocycles. The lowest BCUT2D eigenvalue weighted by atomic mass is 10.2. The molecule has 0 aliphatic carbocycles. The fraction of sp³-hybridized carbons (Fsp3) is 0.0667. The minimum absolute atomic E-state index is 0.433. The summed E-state index contributed by atoms with van der Waals surface area (Å²) in [6.45, 7) is 0. The summed E-state index contributed by atoms with van der Waals surface area (Å²) in [7, 11) is 1.60. The van der Waals surface area contributed by atoms with Crippen molar-refractivity contribution in [2.24, 2.45) is 0 Å². The molecule has 102 valence electrons. The molecule has 5 nitrogen and oxygen atoms in total. The quantitative estimate of drug-likeness (QED) is 0.847. The first kappa shape index (κ1) is 13.6. The van der Waals surface area contributed by atoms with E-state index in [2.05, 4.69) is 4.98 Å². The minimum Gasteiger partial charge on any atom is -0.497 e. The van der Waals surface area contributed by atoms with Crippen LogP contribution in [0.25, 0.3) is 6.08 Å². The van der Waals surface area contributed by atoms with Gasteiger partial charge in [0.2, 0.25) is 5.88 Å². The molecule has 1 aromatic carbocycles. The number of hydrogen-bond donors (Lipinski definition) is 1. The zero-order valence-electron chi connectivity index (χ0n) is 10.8. The van der Waals surface area contributed by atoms with Crippen LogP contribution in [0.5, 0.6) is 17.4 Å². The third-order valence-electron chi connectivity index (χ3n) is 2.46. The van der Waals surface area contributed by atoms with E-state index in [1.54, 1.807) is 43.5 Å². The number of benzene rings is 1. The number of ether oxygens (including phenoxy) is 2. The van der Waals surface area contributed by atoms with Crippen molar-refractivity contribution in [1.82, 2.24) is 4.98 Å². The molecule has 0 amide bonds. The van der Waals surface area contributed by atoms with Gasteiger partial charge in [-0.05, 0) is 42.0 Å². The number of carbonyl (C=O) groups is 1. The van der Waals surface area contributed by atoms with Crippen LogP contribution in [0.2, 0.25) is 0 Å². The van der Waals surface area contributed by atoms with E-state index in [1.807, 2.05) is 0 Å². The molecule has 0 atom stereocenters. The second kappa shape index (κ2) is 6.38. The van der Waals surface area contributed by atoms with Crippen molar-refractivity contribution >= 4 is 12.0 Å². The number of rotatable bonds is 5. The summed E-state index contributed by atoms with van der Waals surface area (Å²) in [5.41, 5.74) is 0.689. The second-order valence-corrected chi connectivity index (χ2v) is 3.88. The predicted molar refractivity (Wildman–Crippen MR) is 74.0 cm³/mol. The zero-order chi connectivity index (χ0) is 14.4. The Balaban J connectivity index is 2.04. The van der Waals surface area contributed by atoms with Crippen molar-refractivity contribution in [2.45, 2.75) is 0 Å². The molecule has 1 heterocycles. The standard InChI is InChI=1S/C15H13NO4/c1-19-12-4-6-13(7-5-12)20-14-8-2-11(10-16-14)3-9-15(17)18/h2-10H,1H3,(H,17,18)/b9-3+. The Kier molecular flexibility index (Phi) is 4.34. The molecule has 5 heteroatoms. The Hall–Kier alpha value is -2.82. The maximum atomic E-state index is 10.4. The summed E-state index contributed by atoms with van der Waals surface area (Å²) in [4.78, 5) is 14.5. The Labute approximate surface area is 116 Å². The maximum absolute atomic E-state index is 10.4. The summed E-state index contributed by atoms with van der Waals surface area (Å²) in [5, 5.41) is 8.52. The largest absolute Gasteiger partial charge is 0.497 e. The smallest absolute Gasteiger partial charge is 0.328 e. The van der Waals surface area contributed by atoms with Gasteiger partial charge in [-0.1, -0.05) is 0 Å². The number of nitrogens with zero attached hydrogens (tertiary/aromatic N) is 1. The highest BCUT2D eigenvalue weighted by atomic mass is 16.5. The van der Waals surface area contributed by atoms with Gasteiger partial charge in [0.05, 0.1) is 7.11 Å². The normalized spacial score (nSPS) is 10.4. The predicted octanol–water partition coefficient (Wildman–Crippen LogP) is 2.98. The number of methoxy groups -OCH3 is 1. The van der Waals surface area contributed by atoms with Crippen LogP contribution >= 0.6 is 0 Å². The molecule has 0 aliphatic rings. The van der Waals surface area contributed by atoms with Crippen molar-refractivity contribution in [3.8, 4) is 17.4 Å². The first-order chi connectivity index (χ1) is 9.67. The number of aliphatic carboxylic acids is 1. The highest BCUT2D eigenvalue weighted by Crippen LogP contribution is 2.22. The highest BCUT2D eigenvalue weighted by molar-refractivity contribution is 5.85. The Morgan fingerprint density at radius 2 is 1.85 bits per heavy atom. The maximum Gasteiger partial charge on any atom is 0.328 e.